The van der Waals surface area contributed by atoms with Crippen LogP contribution in [0.1, 0.15) is 18.2 Å². The fourth-order valence-corrected chi connectivity index (χ4v) is 4.11. The standard InChI is InChI=1S/C22H24ClF2N7/c1-13-12-32(17-9-15(24)8-16(25)10-17)7-6-31(13)5-3-4-18-14(2)29-30-21(18)19-11-20(23)28-22(26)27-19/h3-4,8-11,13H,5-7,12H2,1-2H3,(H,29,30)(H2,26,27,28)/b4-3+/t13-/m0/s1. The summed E-state index contributed by atoms with van der Waals surface area (Å²) in [6, 6.07) is 5.48. The molecule has 0 amide bonds. The van der Waals surface area contributed by atoms with Crippen molar-refractivity contribution in [2.45, 2.75) is 19.9 Å². The fraction of sp³-hybridized carbons (Fsp3) is 0.318. The van der Waals surface area contributed by atoms with Gasteiger partial charge in [0.15, 0.2) is 0 Å². The number of piperazine rings is 1. The minimum Gasteiger partial charge on any atom is -0.369 e. The second-order valence-corrected chi connectivity index (χ2v) is 8.25. The van der Waals surface area contributed by atoms with Gasteiger partial charge in [-0.25, -0.2) is 18.7 Å². The number of H-pyrrole nitrogens is 1. The molecule has 0 radical (unpaired) electrons. The number of nitrogen functional groups attached to an aromatic ring is 1. The monoisotopic (exact) mass is 459 g/mol. The van der Waals surface area contributed by atoms with E-state index in [1.807, 2.05) is 17.9 Å². The highest BCUT2D eigenvalue weighted by atomic mass is 35.5. The van der Waals surface area contributed by atoms with E-state index in [4.69, 9.17) is 17.3 Å². The molecule has 1 fully saturated rings. The van der Waals surface area contributed by atoms with Crippen LogP contribution in [-0.2, 0) is 0 Å². The number of hydrogen-bond donors (Lipinski definition) is 2. The van der Waals surface area contributed by atoms with Crippen molar-refractivity contribution in [2.75, 3.05) is 36.8 Å². The van der Waals surface area contributed by atoms with Crippen molar-refractivity contribution in [3.05, 3.63) is 58.4 Å². The van der Waals surface area contributed by atoms with Crippen LogP contribution in [0.4, 0.5) is 20.4 Å². The number of aromatic amines is 1. The Labute approximate surface area is 189 Å². The van der Waals surface area contributed by atoms with Gasteiger partial charge in [-0.1, -0.05) is 23.8 Å². The van der Waals surface area contributed by atoms with Crippen LogP contribution in [0.25, 0.3) is 17.5 Å². The zero-order valence-corrected chi connectivity index (χ0v) is 18.6. The number of aryl methyl sites for hydroxylation is 1. The van der Waals surface area contributed by atoms with Gasteiger partial charge in [0, 0.05) is 61.3 Å². The SMILES string of the molecule is Cc1[nH]nc(-c2cc(Cl)nc(N)n2)c1/C=C/CN1CCN(c2cc(F)cc(F)c2)C[C@@H]1C. The van der Waals surface area contributed by atoms with Gasteiger partial charge in [0.1, 0.15) is 22.5 Å². The number of nitrogens with two attached hydrogens (primary N) is 1. The van der Waals surface area contributed by atoms with Crippen molar-refractivity contribution in [3.8, 4) is 11.4 Å². The van der Waals surface area contributed by atoms with E-state index in [-0.39, 0.29) is 17.1 Å². The van der Waals surface area contributed by atoms with E-state index in [9.17, 15) is 8.78 Å². The molecule has 7 nitrogen and oxygen atoms in total. The maximum atomic E-state index is 13.6. The summed E-state index contributed by atoms with van der Waals surface area (Å²) < 4.78 is 27.1. The van der Waals surface area contributed by atoms with Crippen molar-refractivity contribution in [1.82, 2.24) is 25.1 Å². The lowest BCUT2D eigenvalue weighted by atomic mass is 10.1. The minimum atomic E-state index is -0.559. The molecule has 3 aromatic rings. The van der Waals surface area contributed by atoms with E-state index in [2.05, 4.69) is 38.1 Å². The molecule has 1 aromatic carbocycles. The Kier molecular flexibility index (Phi) is 6.38. The summed E-state index contributed by atoms with van der Waals surface area (Å²) in [5.74, 6) is -1.03. The number of nitrogens with zero attached hydrogens (tertiary/aromatic N) is 5. The Morgan fingerprint density at radius 1 is 1.19 bits per heavy atom. The van der Waals surface area contributed by atoms with E-state index >= 15 is 0 Å². The first-order chi connectivity index (χ1) is 15.3. The van der Waals surface area contributed by atoms with E-state index in [0.29, 0.717) is 30.2 Å². The summed E-state index contributed by atoms with van der Waals surface area (Å²) in [6.07, 6.45) is 4.07. The normalized spacial score (nSPS) is 17.4. The summed E-state index contributed by atoms with van der Waals surface area (Å²) in [6.45, 7) is 6.92. The molecular weight excluding hydrogens is 436 g/mol. The molecular formula is C22H24ClF2N7. The van der Waals surface area contributed by atoms with Crippen LogP contribution in [0.5, 0.6) is 0 Å². The number of halogens is 3. The molecule has 0 bridgehead atoms. The summed E-state index contributed by atoms with van der Waals surface area (Å²) in [7, 11) is 0. The molecule has 0 aliphatic carbocycles. The minimum absolute atomic E-state index is 0.0907. The molecule has 1 aliphatic heterocycles. The Balaban J connectivity index is 1.44. The highest BCUT2D eigenvalue weighted by Gasteiger charge is 2.23. The van der Waals surface area contributed by atoms with Gasteiger partial charge in [0.05, 0.1) is 5.69 Å². The molecule has 10 heteroatoms. The zero-order chi connectivity index (χ0) is 22.8. The largest absolute Gasteiger partial charge is 0.369 e. The van der Waals surface area contributed by atoms with Gasteiger partial charge in [0.2, 0.25) is 5.95 Å². The first kappa shape index (κ1) is 22.2. The molecule has 3 heterocycles. The smallest absolute Gasteiger partial charge is 0.222 e. The van der Waals surface area contributed by atoms with Crippen LogP contribution in [-0.4, -0.2) is 57.3 Å². The third-order valence-electron chi connectivity index (χ3n) is 5.55. The predicted molar refractivity (Wildman–Crippen MR) is 122 cm³/mol. The third kappa shape index (κ3) is 4.89. The van der Waals surface area contributed by atoms with E-state index in [0.717, 1.165) is 30.4 Å². The van der Waals surface area contributed by atoms with Crippen LogP contribution < -0.4 is 10.6 Å². The highest BCUT2D eigenvalue weighted by molar-refractivity contribution is 6.29. The average molecular weight is 460 g/mol. The van der Waals surface area contributed by atoms with Crippen LogP contribution in [0.15, 0.2) is 30.3 Å². The van der Waals surface area contributed by atoms with Gasteiger partial charge < -0.3 is 10.6 Å². The first-order valence-electron chi connectivity index (χ1n) is 10.3. The van der Waals surface area contributed by atoms with E-state index in [1.165, 1.54) is 12.1 Å². The molecule has 2 aromatic heterocycles. The molecule has 4 rings (SSSR count). The molecule has 32 heavy (non-hydrogen) atoms. The van der Waals surface area contributed by atoms with E-state index < -0.39 is 11.6 Å². The predicted octanol–water partition coefficient (Wildman–Crippen LogP) is 3.91. The second-order valence-electron chi connectivity index (χ2n) is 7.86. The third-order valence-corrected chi connectivity index (χ3v) is 5.74. The van der Waals surface area contributed by atoms with Crippen LogP contribution in [0.2, 0.25) is 5.15 Å². The van der Waals surface area contributed by atoms with Gasteiger partial charge >= 0.3 is 0 Å². The molecule has 1 saturated heterocycles. The Morgan fingerprint density at radius 3 is 2.62 bits per heavy atom. The van der Waals surface area contributed by atoms with Gasteiger partial charge in [-0.2, -0.15) is 5.10 Å². The zero-order valence-electron chi connectivity index (χ0n) is 17.8. The van der Waals surface area contributed by atoms with Crippen molar-refractivity contribution in [2.24, 2.45) is 0 Å². The number of rotatable bonds is 5. The highest BCUT2D eigenvalue weighted by Crippen LogP contribution is 2.26. The van der Waals surface area contributed by atoms with Gasteiger partial charge in [0.25, 0.3) is 0 Å². The summed E-state index contributed by atoms with van der Waals surface area (Å²) in [5.41, 5.74) is 9.30. The Bertz CT molecular complexity index is 1110. The van der Waals surface area contributed by atoms with Crippen molar-refractivity contribution in [3.63, 3.8) is 0 Å². The number of anilines is 2. The number of hydrogen-bond acceptors (Lipinski definition) is 6. The number of nitrogens with one attached hydrogen (secondary N) is 1. The second kappa shape index (κ2) is 9.22. The fourth-order valence-electron chi connectivity index (χ4n) is 3.92. The number of benzene rings is 1. The number of aromatic nitrogens is 4. The maximum Gasteiger partial charge on any atom is 0.222 e. The van der Waals surface area contributed by atoms with Gasteiger partial charge in [-0.15, -0.1) is 0 Å². The van der Waals surface area contributed by atoms with Crippen molar-refractivity contribution < 1.29 is 8.78 Å². The molecule has 168 valence electrons. The van der Waals surface area contributed by atoms with Crippen molar-refractivity contribution in [1.29, 1.82) is 0 Å². The topological polar surface area (TPSA) is 87.0 Å². The van der Waals surface area contributed by atoms with Crippen LogP contribution >= 0.6 is 11.6 Å². The molecule has 0 saturated carbocycles. The lowest BCUT2D eigenvalue weighted by Crippen LogP contribution is -2.51. The molecule has 0 spiro atoms. The summed E-state index contributed by atoms with van der Waals surface area (Å²) in [4.78, 5) is 12.5. The van der Waals surface area contributed by atoms with Crippen molar-refractivity contribution >= 4 is 29.3 Å². The van der Waals surface area contributed by atoms with Gasteiger partial charge in [-0.05, 0) is 26.0 Å². The summed E-state index contributed by atoms with van der Waals surface area (Å²) >= 11 is 6.02. The maximum absolute atomic E-state index is 13.6. The Morgan fingerprint density at radius 2 is 1.94 bits per heavy atom. The van der Waals surface area contributed by atoms with Gasteiger partial charge in [-0.3, -0.25) is 10.00 Å². The molecule has 1 atom stereocenters. The first-order valence-corrected chi connectivity index (χ1v) is 10.6. The lowest BCUT2D eigenvalue weighted by Gasteiger charge is -2.40. The average Bonchev–Trinajstić information content (AvgIpc) is 3.08. The summed E-state index contributed by atoms with van der Waals surface area (Å²) in [5, 5.41) is 7.58. The van der Waals surface area contributed by atoms with E-state index in [1.54, 1.807) is 6.07 Å². The molecule has 0 unspecified atom stereocenters. The lowest BCUT2D eigenvalue weighted by molar-refractivity contribution is 0.210. The van der Waals surface area contributed by atoms with Crippen LogP contribution in [0, 0.1) is 18.6 Å². The van der Waals surface area contributed by atoms with Crippen LogP contribution in [0.3, 0.4) is 0 Å². The molecule has 1 aliphatic rings. The molecule has 3 N–H and O–H groups in total. The quantitative estimate of drug-likeness (QED) is 0.562. The Hall–Kier alpha value is -3.04.